The second kappa shape index (κ2) is 7.05. The average molecular weight is 310 g/mol. The lowest BCUT2D eigenvalue weighted by Crippen LogP contribution is -2.44. The maximum Gasteiger partial charge on any atom is 0.185 e. The Morgan fingerprint density at radius 1 is 1.38 bits per heavy atom. The van der Waals surface area contributed by atoms with Gasteiger partial charge in [-0.25, -0.2) is 4.98 Å². The molecule has 0 aromatic carbocycles. The summed E-state index contributed by atoms with van der Waals surface area (Å²) < 4.78 is 5.45. The van der Waals surface area contributed by atoms with Crippen LogP contribution in [-0.4, -0.2) is 61.4 Å². The van der Waals surface area contributed by atoms with Crippen LogP contribution in [0.1, 0.15) is 25.1 Å². The molecule has 2 fully saturated rings. The predicted molar refractivity (Wildman–Crippen MR) is 87.1 cm³/mol. The fourth-order valence-corrected chi connectivity index (χ4v) is 3.88. The van der Waals surface area contributed by atoms with Crippen molar-refractivity contribution in [2.24, 2.45) is 0 Å². The third-order valence-electron chi connectivity index (χ3n) is 4.22. The van der Waals surface area contributed by atoms with Gasteiger partial charge in [-0.1, -0.05) is 13.8 Å². The van der Waals surface area contributed by atoms with E-state index < -0.39 is 0 Å². The summed E-state index contributed by atoms with van der Waals surface area (Å²) in [7, 11) is 0. The normalized spacial score (nSPS) is 24.1. The molecule has 0 spiro atoms. The number of hydrogen-bond donors (Lipinski definition) is 1. The van der Waals surface area contributed by atoms with E-state index in [1.165, 1.54) is 16.4 Å². The van der Waals surface area contributed by atoms with Crippen molar-refractivity contribution >= 4 is 16.5 Å². The first kappa shape index (κ1) is 15.2. The number of ether oxygens (including phenoxy) is 1. The Morgan fingerprint density at radius 3 is 2.95 bits per heavy atom. The standard InChI is InChI=1S/C15H26N4OS/c1-12(2)16-9-14-10-17-15(21-14)19-4-3-13(11-19)18-5-7-20-8-6-18/h10,12-13,16H,3-9,11H2,1-2H3. The third-order valence-corrected chi connectivity index (χ3v) is 5.28. The largest absolute Gasteiger partial charge is 0.379 e. The molecule has 3 heterocycles. The van der Waals surface area contributed by atoms with Gasteiger partial charge in [-0.2, -0.15) is 0 Å². The zero-order valence-corrected chi connectivity index (χ0v) is 13.9. The first-order valence-corrected chi connectivity index (χ1v) is 8.79. The van der Waals surface area contributed by atoms with Crippen LogP contribution in [0.3, 0.4) is 0 Å². The number of aromatic nitrogens is 1. The van der Waals surface area contributed by atoms with Gasteiger partial charge in [0.05, 0.1) is 13.2 Å². The van der Waals surface area contributed by atoms with Crippen molar-refractivity contribution < 1.29 is 4.74 Å². The van der Waals surface area contributed by atoms with Crippen molar-refractivity contribution in [3.05, 3.63) is 11.1 Å². The van der Waals surface area contributed by atoms with E-state index >= 15 is 0 Å². The van der Waals surface area contributed by atoms with Crippen LogP contribution < -0.4 is 10.2 Å². The summed E-state index contributed by atoms with van der Waals surface area (Å²) in [5.41, 5.74) is 0. The molecular formula is C15H26N4OS. The van der Waals surface area contributed by atoms with Gasteiger partial charge in [-0.3, -0.25) is 4.90 Å². The van der Waals surface area contributed by atoms with E-state index in [1.54, 1.807) is 0 Å². The van der Waals surface area contributed by atoms with Crippen LogP contribution in [0, 0.1) is 0 Å². The highest BCUT2D eigenvalue weighted by molar-refractivity contribution is 7.15. The Balaban J connectivity index is 1.53. The molecule has 0 radical (unpaired) electrons. The van der Waals surface area contributed by atoms with E-state index in [0.717, 1.165) is 45.9 Å². The molecule has 1 N–H and O–H groups in total. The number of nitrogens with zero attached hydrogens (tertiary/aromatic N) is 3. The Morgan fingerprint density at radius 2 is 2.19 bits per heavy atom. The minimum atomic E-state index is 0.521. The van der Waals surface area contributed by atoms with Crippen molar-refractivity contribution in [2.45, 2.75) is 38.9 Å². The van der Waals surface area contributed by atoms with Crippen LogP contribution in [0.2, 0.25) is 0 Å². The average Bonchev–Trinajstić information content (AvgIpc) is 3.15. The van der Waals surface area contributed by atoms with Gasteiger partial charge in [0.2, 0.25) is 0 Å². The van der Waals surface area contributed by atoms with Gasteiger partial charge in [0.1, 0.15) is 0 Å². The number of rotatable bonds is 5. The first-order chi connectivity index (χ1) is 10.2. The molecule has 2 saturated heterocycles. The highest BCUT2D eigenvalue weighted by Gasteiger charge is 2.29. The third kappa shape index (κ3) is 3.94. The number of hydrogen-bond acceptors (Lipinski definition) is 6. The van der Waals surface area contributed by atoms with Gasteiger partial charge in [-0.05, 0) is 6.42 Å². The van der Waals surface area contributed by atoms with E-state index in [2.05, 4.69) is 33.9 Å². The molecule has 1 aromatic rings. The van der Waals surface area contributed by atoms with E-state index in [4.69, 9.17) is 4.74 Å². The summed E-state index contributed by atoms with van der Waals surface area (Å²) >= 11 is 1.83. The van der Waals surface area contributed by atoms with Crippen LogP contribution in [0.5, 0.6) is 0 Å². The summed E-state index contributed by atoms with van der Waals surface area (Å²) in [4.78, 5) is 11.0. The van der Waals surface area contributed by atoms with E-state index in [9.17, 15) is 0 Å². The Hall–Kier alpha value is -0.690. The van der Waals surface area contributed by atoms with Crippen molar-refractivity contribution in [2.75, 3.05) is 44.3 Å². The van der Waals surface area contributed by atoms with Crippen molar-refractivity contribution in [3.63, 3.8) is 0 Å². The molecule has 0 aliphatic carbocycles. The van der Waals surface area contributed by atoms with Gasteiger partial charge in [0, 0.05) is 55.9 Å². The molecule has 1 aromatic heterocycles. The van der Waals surface area contributed by atoms with Crippen molar-refractivity contribution in [1.29, 1.82) is 0 Å². The van der Waals surface area contributed by atoms with Crippen LogP contribution >= 0.6 is 11.3 Å². The molecule has 118 valence electrons. The fourth-order valence-electron chi connectivity index (χ4n) is 2.99. The molecule has 6 heteroatoms. The maximum absolute atomic E-state index is 5.45. The zero-order chi connectivity index (χ0) is 14.7. The molecule has 0 saturated carbocycles. The van der Waals surface area contributed by atoms with Gasteiger partial charge in [0.15, 0.2) is 5.13 Å². The Kier molecular flexibility index (Phi) is 5.11. The summed E-state index contributed by atoms with van der Waals surface area (Å²) in [6.07, 6.45) is 3.27. The minimum absolute atomic E-state index is 0.521. The van der Waals surface area contributed by atoms with E-state index in [-0.39, 0.29) is 0 Å². The lowest BCUT2D eigenvalue weighted by molar-refractivity contribution is 0.0209. The Bertz CT molecular complexity index is 445. The summed E-state index contributed by atoms with van der Waals surface area (Å²) in [6, 6.07) is 1.20. The van der Waals surface area contributed by atoms with Gasteiger partial charge >= 0.3 is 0 Å². The molecular weight excluding hydrogens is 284 g/mol. The zero-order valence-electron chi connectivity index (χ0n) is 13.0. The maximum atomic E-state index is 5.45. The number of morpholine rings is 1. The highest BCUT2D eigenvalue weighted by Crippen LogP contribution is 2.27. The van der Waals surface area contributed by atoms with Crippen LogP contribution in [0.4, 0.5) is 5.13 Å². The molecule has 5 nitrogen and oxygen atoms in total. The number of thiazole rings is 1. The van der Waals surface area contributed by atoms with E-state index in [0.29, 0.717) is 12.1 Å². The molecule has 3 rings (SSSR count). The molecule has 21 heavy (non-hydrogen) atoms. The number of anilines is 1. The van der Waals surface area contributed by atoms with Crippen LogP contribution in [-0.2, 0) is 11.3 Å². The van der Waals surface area contributed by atoms with Crippen LogP contribution in [0.25, 0.3) is 0 Å². The topological polar surface area (TPSA) is 40.6 Å². The van der Waals surface area contributed by atoms with Crippen LogP contribution in [0.15, 0.2) is 6.20 Å². The summed E-state index contributed by atoms with van der Waals surface area (Å²) in [5, 5.41) is 4.64. The van der Waals surface area contributed by atoms with Gasteiger partial charge in [0.25, 0.3) is 0 Å². The highest BCUT2D eigenvalue weighted by atomic mass is 32.1. The van der Waals surface area contributed by atoms with Gasteiger partial charge in [-0.15, -0.1) is 11.3 Å². The fraction of sp³-hybridized carbons (Fsp3) is 0.800. The van der Waals surface area contributed by atoms with Gasteiger partial charge < -0.3 is 15.0 Å². The van der Waals surface area contributed by atoms with Crippen molar-refractivity contribution in [3.8, 4) is 0 Å². The lowest BCUT2D eigenvalue weighted by atomic mass is 10.2. The molecule has 2 aliphatic rings. The second-order valence-corrected chi connectivity index (χ2v) is 7.28. The first-order valence-electron chi connectivity index (χ1n) is 7.97. The molecule has 1 unspecified atom stereocenters. The molecule has 1 atom stereocenters. The quantitative estimate of drug-likeness (QED) is 0.894. The Labute approximate surface area is 131 Å². The SMILES string of the molecule is CC(C)NCc1cnc(N2CCC(N3CCOCC3)C2)s1. The second-order valence-electron chi connectivity index (χ2n) is 6.18. The summed E-state index contributed by atoms with van der Waals surface area (Å²) in [6.45, 7) is 11.5. The smallest absolute Gasteiger partial charge is 0.185 e. The summed E-state index contributed by atoms with van der Waals surface area (Å²) in [5.74, 6) is 0. The number of nitrogens with one attached hydrogen (secondary N) is 1. The monoisotopic (exact) mass is 310 g/mol. The van der Waals surface area contributed by atoms with E-state index in [1.807, 2.05) is 17.5 Å². The molecule has 0 bridgehead atoms. The minimum Gasteiger partial charge on any atom is -0.379 e. The predicted octanol–water partition coefficient (Wildman–Crippen LogP) is 1.55. The van der Waals surface area contributed by atoms with Crippen molar-refractivity contribution in [1.82, 2.24) is 15.2 Å². The molecule has 0 amide bonds. The lowest BCUT2D eigenvalue weighted by Gasteiger charge is -2.32. The molecule has 2 aliphatic heterocycles.